The quantitative estimate of drug-likeness (QED) is 0.311. The lowest BCUT2D eigenvalue weighted by Crippen LogP contribution is -2.43. The van der Waals surface area contributed by atoms with E-state index >= 15 is 0 Å². The molecule has 0 radical (unpaired) electrons. The first-order valence-corrected chi connectivity index (χ1v) is 12.8. The summed E-state index contributed by atoms with van der Waals surface area (Å²) in [5.41, 5.74) is 1.42. The zero-order chi connectivity index (χ0) is 28.3. The third kappa shape index (κ3) is 5.69. The van der Waals surface area contributed by atoms with Gasteiger partial charge < -0.3 is 15.4 Å². The molecule has 1 atom stereocenters. The summed E-state index contributed by atoms with van der Waals surface area (Å²) >= 11 is 12.3. The molecule has 0 saturated carbocycles. The summed E-state index contributed by atoms with van der Waals surface area (Å²) in [6.45, 7) is 2.64. The van der Waals surface area contributed by atoms with Gasteiger partial charge in [0.15, 0.2) is 0 Å². The van der Waals surface area contributed by atoms with Crippen molar-refractivity contribution < 1.29 is 14.3 Å². The minimum absolute atomic E-state index is 0.0499. The summed E-state index contributed by atoms with van der Waals surface area (Å²) < 4.78 is 7.39. The van der Waals surface area contributed by atoms with Crippen molar-refractivity contribution in [2.24, 2.45) is 7.05 Å². The second kappa shape index (κ2) is 11.8. The number of esters is 1. The maximum Gasteiger partial charge on any atom is 0.335 e. The number of hydrogen-bond donors (Lipinski definition) is 2. The molecule has 4 aromatic rings. The number of amides is 1. The van der Waals surface area contributed by atoms with Crippen LogP contribution in [0.2, 0.25) is 10.0 Å². The molecular formula is C28H26Cl2N4O5. The molecule has 3 aromatic carbocycles. The van der Waals surface area contributed by atoms with E-state index in [1.165, 1.54) is 23.8 Å². The predicted molar refractivity (Wildman–Crippen MR) is 152 cm³/mol. The van der Waals surface area contributed by atoms with Gasteiger partial charge in [-0.1, -0.05) is 41.4 Å². The molecule has 0 saturated heterocycles. The molecule has 0 unspecified atom stereocenters. The molecule has 1 aromatic heterocycles. The van der Waals surface area contributed by atoms with Gasteiger partial charge in [0.1, 0.15) is 6.04 Å². The van der Waals surface area contributed by atoms with Gasteiger partial charge in [-0.25, -0.2) is 14.2 Å². The summed E-state index contributed by atoms with van der Waals surface area (Å²) in [5, 5.41) is 6.48. The average molecular weight is 569 g/mol. The number of nitrogens with zero attached hydrogens (tertiary/aromatic N) is 2. The van der Waals surface area contributed by atoms with Crippen molar-refractivity contribution in [3.05, 3.63) is 103 Å². The van der Waals surface area contributed by atoms with E-state index in [0.717, 1.165) is 10.3 Å². The monoisotopic (exact) mass is 568 g/mol. The Morgan fingerprint density at radius 2 is 1.67 bits per heavy atom. The van der Waals surface area contributed by atoms with Crippen molar-refractivity contribution in [3.63, 3.8) is 0 Å². The van der Waals surface area contributed by atoms with Gasteiger partial charge in [-0.2, -0.15) is 0 Å². The van der Waals surface area contributed by atoms with Gasteiger partial charge in [-0.15, -0.1) is 0 Å². The van der Waals surface area contributed by atoms with E-state index in [9.17, 15) is 19.2 Å². The number of halogens is 2. The summed E-state index contributed by atoms with van der Waals surface area (Å²) in [4.78, 5) is 51.8. The highest BCUT2D eigenvalue weighted by Gasteiger charge is 2.25. The largest absolute Gasteiger partial charge is 0.467 e. The molecule has 4 rings (SSSR count). The van der Waals surface area contributed by atoms with Gasteiger partial charge in [0.2, 0.25) is 0 Å². The number of anilines is 1. The average Bonchev–Trinajstić information content (AvgIpc) is 2.92. The lowest BCUT2D eigenvalue weighted by atomic mass is 10.0. The maximum atomic E-state index is 13.4. The summed E-state index contributed by atoms with van der Waals surface area (Å²) in [6, 6.07) is 15.5. The number of nitrogens with one attached hydrogen (secondary N) is 2. The molecular weight excluding hydrogens is 543 g/mol. The molecule has 9 nitrogen and oxygen atoms in total. The topological polar surface area (TPSA) is 111 Å². The highest BCUT2D eigenvalue weighted by molar-refractivity contribution is 6.39. The third-order valence-electron chi connectivity index (χ3n) is 6.27. The van der Waals surface area contributed by atoms with E-state index in [1.54, 1.807) is 49.5 Å². The SMILES string of the molecule is CCNc1ccc2c(c1)c(=O)n(-c1ccc(C[C@H](NC(=O)c3c(Cl)cccc3Cl)C(=O)OC)cc1)c(=O)n2C. The van der Waals surface area contributed by atoms with E-state index in [4.69, 9.17) is 27.9 Å². The van der Waals surface area contributed by atoms with Gasteiger partial charge in [-0.3, -0.25) is 14.2 Å². The molecule has 0 aliphatic heterocycles. The van der Waals surface area contributed by atoms with Crippen LogP contribution in [0.5, 0.6) is 0 Å². The second-order valence-electron chi connectivity index (χ2n) is 8.76. The first-order chi connectivity index (χ1) is 18.7. The van der Waals surface area contributed by atoms with Crippen LogP contribution in [0.15, 0.2) is 70.3 Å². The number of aryl methyl sites for hydroxylation is 1. The van der Waals surface area contributed by atoms with Crippen molar-refractivity contribution in [2.75, 3.05) is 19.0 Å². The first-order valence-electron chi connectivity index (χ1n) is 12.1. The van der Waals surface area contributed by atoms with E-state index in [2.05, 4.69) is 10.6 Å². The Morgan fingerprint density at radius 3 is 2.28 bits per heavy atom. The Morgan fingerprint density at radius 1 is 1.00 bits per heavy atom. The van der Waals surface area contributed by atoms with Gasteiger partial charge in [0, 0.05) is 25.7 Å². The molecule has 0 aliphatic rings. The van der Waals surface area contributed by atoms with Crippen molar-refractivity contribution in [2.45, 2.75) is 19.4 Å². The molecule has 39 heavy (non-hydrogen) atoms. The van der Waals surface area contributed by atoms with E-state index in [0.29, 0.717) is 28.7 Å². The minimum Gasteiger partial charge on any atom is -0.467 e. The number of rotatable bonds is 8. The smallest absolute Gasteiger partial charge is 0.335 e. The van der Waals surface area contributed by atoms with Crippen molar-refractivity contribution in [1.82, 2.24) is 14.5 Å². The summed E-state index contributed by atoms with van der Waals surface area (Å²) in [7, 11) is 2.83. The van der Waals surface area contributed by atoms with Crippen LogP contribution in [0.4, 0.5) is 5.69 Å². The maximum absolute atomic E-state index is 13.4. The molecule has 2 N–H and O–H groups in total. The van der Waals surface area contributed by atoms with E-state index in [-0.39, 0.29) is 22.0 Å². The normalized spacial score (nSPS) is 11.7. The lowest BCUT2D eigenvalue weighted by molar-refractivity contribution is -0.142. The van der Waals surface area contributed by atoms with Gasteiger partial charge in [0.25, 0.3) is 11.5 Å². The summed E-state index contributed by atoms with van der Waals surface area (Å²) in [6.07, 6.45) is 0.0808. The number of hydrogen-bond acceptors (Lipinski definition) is 6. The molecule has 1 heterocycles. The van der Waals surface area contributed by atoms with Crippen molar-refractivity contribution >= 4 is 51.7 Å². The number of carbonyl (C=O) groups excluding carboxylic acids is 2. The molecule has 1 amide bonds. The van der Waals surface area contributed by atoms with Crippen LogP contribution in [-0.4, -0.2) is 40.7 Å². The Labute approximate surface area is 233 Å². The Hall–Kier alpha value is -4.08. The van der Waals surface area contributed by atoms with Crippen molar-refractivity contribution in [1.29, 1.82) is 0 Å². The number of benzene rings is 3. The Kier molecular flexibility index (Phi) is 8.42. The van der Waals surface area contributed by atoms with Crippen LogP contribution >= 0.6 is 23.2 Å². The van der Waals surface area contributed by atoms with Gasteiger partial charge >= 0.3 is 11.7 Å². The van der Waals surface area contributed by atoms with Gasteiger partial charge in [-0.05, 0) is 55.0 Å². The fourth-order valence-electron chi connectivity index (χ4n) is 4.30. The number of carbonyl (C=O) groups is 2. The van der Waals surface area contributed by atoms with Crippen LogP contribution in [0.3, 0.4) is 0 Å². The Bertz CT molecular complexity index is 1660. The number of fused-ring (bicyclic) bond motifs is 1. The molecule has 202 valence electrons. The molecule has 0 bridgehead atoms. The summed E-state index contributed by atoms with van der Waals surface area (Å²) in [5.74, 6) is -1.28. The van der Waals surface area contributed by atoms with Crippen molar-refractivity contribution in [3.8, 4) is 5.69 Å². The zero-order valence-electron chi connectivity index (χ0n) is 21.5. The highest BCUT2D eigenvalue weighted by Crippen LogP contribution is 2.24. The van der Waals surface area contributed by atoms with Crippen LogP contribution in [0.1, 0.15) is 22.8 Å². The van der Waals surface area contributed by atoms with Crippen LogP contribution in [0, 0.1) is 0 Å². The number of methoxy groups -OCH3 is 1. The lowest BCUT2D eigenvalue weighted by Gasteiger charge is -2.18. The highest BCUT2D eigenvalue weighted by atomic mass is 35.5. The van der Waals surface area contributed by atoms with E-state index < -0.39 is 29.2 Å². The minimum atomic E-state index is -1.04. The number of aromatic nitrogens is 2. The standard InChI is InChI=1S/C28H26Cl2N4O5/c1-4-31-17-10-13-23-19(15-17)26(36)34(28(38)33(23)2)18-11-8-16(9-12-18)14-22(27(37)39-3)32-25(35)24-20(29)6-5-7-21(24)30/h5-13,15,22,31H,4,14H2,1-3H3,(H,32,35)/t22-/m0/s1. The molecule has 0 aliphatic carbocycles. The van der Waals surface area contributed by atoms with Crippen LogP contribution in [-0.2, 0) is 23.0 Å². The third-order valence-corrected chi connectivity index (χ3v) is 6.90. The first kappa shape index (κ1) is 27.9. The predicted octanol–water partition coefficient (Wildman–Crippen LogP) is 3.94. The molecule has 0 fully saturated rings. The number of ether oxygens (including phenoxy) is 1. The van der Waals surface area contributed by atoms with Crippen LogP contribution in [0.25, 0.3) is 16.6 Å². The zero-order valence-corrected chi connectivity index (χ0v) is 23.0. The fraction of sp³-hybridized carbons (Fsp3) is 0.214. The van der Waals surface area contributed by atoms with Crippen LogP contribution < -0.4 is 21.9 Å². The fourth-order valence-corrected chi connectivity index (χ4v) is 4.87. The molecule has 0 spiro atoms. The van der Waals surface area contributed by atoms with E-state index in [1.807, 2.05) is 13.0 Å². The second-order valence-corrected chi connectivity index (χ2v) is 9.58. The molecule has 11 heteroatoms. The Balaban J connectivity index is 1.65. The van der Waals surface area contributed by atoms with Gasteiger partial charge in [0.05, 0.1) is 39.3 Å².